The van der Waals surface area contributed by atoms with Gasteiger partial charge in [0.05, 0.1) is 7.59 Å². The monoisotopic (exact) mass is 246 g/mol. The molecule has 0 aromatic heterocycles. The summed E-state index contributed by atoms with van der Waals surface area (Å²) in [5.41, 5.74) is 0. The van der Waals surface area contributed by atoms with Gasteiger partial charge in [-0.2, -0.15) is 0 Å². The number of hydrogen-bond acceptors (Lipinski definition) is 2. The van der Waals surface area contributed by atoms with Crippen molar-refractivity contribution in [1.82, 2.24) is 0 Å². The van der Waals surface area contributed by atoms with Gasteiger partial charge < -0.3 is 9.53 Å². The van der Waals surface area contributed by atoms with Gasteiger partial charge in [-0.25, -0.2) is 0 Å². The topological polar surface area (TPSA) is 29.5 Å². The summed E-state index contributed by atoms with van der Waals surface area (Å²) in [5.74, 6) is 0. The number of aliphatic hydroxyl groups is 1. The number of hydrogen-bond donors (Lipinski definition) is 1. The maximum atomic E-state index is 8.76. The Kier molecular flexibility index (Phi) is 4.58. The van der Waals surface area contributed by atoms with Crippen LogP contribution in [-0.4, -0.2) is 33.2 Å². The van der Waals surface area contributed by atoms with E-state index in [-0.39, 0.29) is 0 Å². The van der Waals surface area contributed by atoms with Crippen LogP contribution < -0.4 is 0 Å². The average Bonchev–Trinajstić information content (AvgIpc) is 2.12. The smallest absolute Gasteiger partial charge is 0.174 e. The van der Waals surface area contributed by atoms with Gasteiger partial charge in [0.2, 0.25) is 0 Å². The van der Waals surface area contributed by atoms with Crippen molar-refractivity contribution in [2.24, 2.45) is 0 Å². The summed E-state index contributed by atoms with van der Waals surface area (Å²) in [5, 5.41) is 8.76. The molecule has 0 bridgehead atoms. The van der Waals surface area contributed by atoms with E-state index in [2.05, 4.69) is 26.2 Å². The molecule has 1 aliphatic rings. The molecule has 0 saturated carbocycles. The Hall–Kier alpha value is 0.354. The molecule has 90 valence electrons. The summed E-state index contributed by atoms with van der Waals surface area (Å²) in [7, 11) is -2.41. The van der Waals surface area contributed by atoms with Crippen LogP contribution in [0.15, 0.2) is 0 Å². The number of rotatable bonds is 4. The molecule has 1 rings (SSSR count). The van der Waals surface area contributed by atoms with E-state index in [0.717, 1.165) is 19.3 Å². The van der Waals surface area contributed by atoms with Gasteiger partial charge in [0.15, 0.2) is 7.83 Å². The van der Waals surface area contributed by atoms with Crippen molar-refractivity contribution in [1.29, 1.82) is 0 Å². The molecule has 0 aromatic rings. The average molecular weight is 246 g/mol. The van der Waals surface area contributed by atoms with Gasteiger partial charge >= 0.3 is 0 Å². The summed E-state index contributed by atoms with van der Waals surface area (Å²) in [6.07, 6.45) is 4.97. The van der Waals surface area contributed by atoms with Crippen molar-refractivity contribution in [3.05, 3.63) is 0 Å². The standard InChI is InChI=1S/C11H26O2Si2/c1-14(2)10-8-11(7-5-6-9-12)13-15(14,3)4/h11-12H,5-10H2,1-4H3. The maximum Gasteiger partial charge on any atom is 0.174 e. The maximum absolute atomic E-state index is 8.76. The second kappa shape index (κ2) is 5.12. The molecule has 0 amide bonds. The van der Waals surface area contributed by atoms with Gasteiger partial charge in [-0.3, -0.25) is 0 Å². The Labute approximate surface area is 96.0 Å². The summed E-state index contributed by atoms with van der Waals surface area (Å²) in [4.78, 5) is 0. The van der Waals surface area contributed by atoms with Crippen LogP contribution in [0.1, 0.15) is 25.7 Å². The summed E-state index contributed by atoms with van der Waals surface area (Å²) in [6, 6.07) is 1.44. The molecule has 1 N–H and O–H groups in total. The summed E-state index contributed by atoms with van der Waals surface area (Å²) >= 11 is 0. The minimum atomic E-state index is -1.36. The normalized spacial score (nSPS) is 29.0. The highest BCUT2D eigenvalue weighted by molar-refractivity contribution is 7.38. The van der Waals surface area contributed by atoms with E-state index < -0.39 is 15.4 Å². The lowest BCUT2D eigenvalue weighted by Crippen LogP contribution is -2.61. The Bertz CT molecular complexity index is 205. The molecule has 1 saturated heterocycles. The van der Waals surface area contributed by atoms with Crippen LogP contribution in [0.3, 0.4) is 0 Å². The lowest BCUT2D eigenvalue weighted by Gasteiger charge is -2.45. The lowest BCUT2D eigenvalue weighted by molar-refractivity contribution is 0.167. The van der Waals surface area contributed by atoms with Crippen LogP contribution in [0, 0.1) is 0 Å². The van der Waals surface area contributed by atoms with E-state index in [1.165, 1.54) is 12.5 Å². The molecular weight excluding hydrogens is 220 g/mol. The second-order valence-electron chi connectivity index (χ2n) is 5.89. The predicted molar refractivity (Wildman–Crippen MR) is 70.2 cm³/mol. The minimum absolute atomic E-state index is 0.327. The molecule has 0 aromatic carbocycles. The molecule has 0 spiro atoms. The van der Waals surface area contributed by atoms with Crippen molar-refractivity contribution in [3.8, 4) is 0 Å². The Morgan fingerprint density at radius 3 is 2.40 bits per heavy atom. The molecule has 1 heterocycles. The van der Waals surface area contributed by atoms with Gasteiger partial charge in [0, 0.05) is 12.7 Å². The van der Waals surface area contributed by atoms with Crippen molar-refractivity contribution >= 4 is 15.4 Å². The van der Waals surface area contributed by atoms with Crippen molar-refractivity contribution in [3.63, 3.8) is 0 Å². The van der Waals surface area contributed by atoms with E-state index in [0.29, 0.717) is 12.7 Å². The molecular formula is C11H26O2Si2. The third-order valence-electron chi connectivity index (χ3n) is 4.12. The quantitative estimate of drug-likeness (QED) is 0.610. The predicted octanol–water partition coefficient (Wildman–Crippen LogP) is 2.93. The van der Waals surface area contributed by atoms with Crippen LogP contribution in [0.4, 0.5) is 0 Å². The molecule has 4 heteroatoms. The van der Waals surface area contributed by atoms with Gasteiger partial charge in [-0.05, 0) is 38.8 Å². The zero-order chi connectivity index (χ0) is 11.5. The van der Waals surface area contributed by atoms with Crippen molar-refractivity contribution < 1.29 is 9.53 Å². The fraction of sp³-hybridized carbons (Fsp3) is 1.00. The first-order valence-electron chi connectivity index (χ1n) is 6.18. The molecule has 1 aliphatic heterocycles. The van der Waals surface area contributed by atoms with Gasteiger partial charge in [-0.1, -0.05) is 19.1 Å². The van der Waals surface area contributed by atoms with E-state index in [1.54, 1.807) is 0 Å². The van der Waals surface area contributed by atoms with Crippen molar-refractivity contribution in [2.45, 2.75) is 64.0 Å². The SMILES string of the molecule is C[Si]1(C)CCC(CCCCO)O[Si]1(C)C. The Morgan fingerprint density at radius 1 is 1.20 bits per heavy atom. The second-order valence-corrected chi connectivity index (χ2v) is 21.1. The van der Waals surface area contributed by atoms with E-state index in [9.17, 15) is 0 Å². The van der Waals surface area contributed by atoms with Crippen LogP contribution >= 0.6 is 0 Å². The highest BCUT2D eigenvalue weighted by atomic mass is 29.3. The van der Waals surface area contributed by atoms with Crippen LogP contribution in [-0.2, 0) is 4.43 Å². The highest BCUT2D eigenvalue weighted by Gasteiger charge is 2.47. The largest absolute Gasteiger partial charge is 0.417 e. The zero-order valence-corrected chi connectivity index (χ0v) is 12.7. The first-order valence-corrected chi connectivity index (χ1v) is 13.3. The summed E-state index contributed by atoms with van der Waals surface area (Å²) in [6.45, 7) is 10.1. The molecule has 15 heavy (non-hydrogen) atoms. The first-order chi connectivity index (χ1) is 6.89. The molecule has 0 radical (unpaired) electrons. The van der Waals surface area contributed by atoms with Crippen LogP contribution in [0.2, 0.25) is 32.2 Å². The Morgan fingerprint density at radius 2 is 1.87 bits per heavy atom. The van der Waals surface area contributed by atoms with Gasteiger partial charge in [0.1, 0.15) is 0 Å². The fourth-order valence-corrected chi connectivity index (χ4v) is 8.88. The van der Waals surface area contributed by atoms with E-state index in [1.807, 2.05) is 0 Å². The van der Waals surface area contributed by atoms with Gasteiger partial charge in [-0.15, -0.1) is 0 Å². The number of aliphatic hydroxyl groups excluding tert-OH is 1. The molecule has 0 aliphatic carbocycles. The van der Waals surface area contributed by atoms with Gasteiger partial charge in [0.25, 0.3) is 0 Å². The fourth-order valence-electron chi connectivity index (χ4n) is 2.15. The highest BCUT2D eigenvalue weighted by Crippen LogP contribution is 2.34. The molecule has 1 fully saturated rings. The van der Waals surface area contributed by atoms with Crippen LogP contribution in [0.25, 0.3) is 0 Å². The van der Waals surface area contributed by atoms with Crippen molar-refractivity contribution in [2.75, 3.05) is 6.61 Å². The lowest BCUT2D eigenvalue weighted by atomic mass is 10.1. The first kappa shape index (κ1) is 13.4. The molecule has 2 nitrogen and oxygen atoms in total. The Balaban J connectivity index is 2.41. The third-order valence-corrected chi connectivity index (χ3v) is 20.7. The molecule has 1 atom stereocenters. The number of unbranched alkanes of at least 4 members (excludes halogenated alkanes) is 1. The summed E-state index contributed by atoms with van der Waals surface area (Å²) < 4.78 is 6.35. The third kappa shape index (κ3) is 3.41. The van der Waals surface area contributed by atoms with Crippen LogP contribution in [0.5, 0.6) is 0 Å². The minimum Gasteiger partial charge on any atom is -0.417 e. The zero-order valence-electron chi connectivity index (χ0n) is 10.7. The van der Waals surface area contributed by atoms with E-state index in [4.69, 9.17) is 9.53 Å². The molecule has 1 unspecified atom stereocenters. The van der Waals surface area contributed by atoms with E-state index >= 15 is 0 Å².